The van der Waals surface area contributed by atoms with Crippen molar-refractivity contribution >= 4 is 24.2 Å². The van der Waals surface area contributed by atoms with E-state index in [4.69, 9.17) is 11.6 Å². The number of thiol groups is 1. The molecule has 0 saturated carbocycles. The largest absolute Gasteiger partial charge is 0.203 e. The maximum absolute atomic E-state index is 13.0. The van der Waals surface area contributed by atoms with Crippen LogP contribution >= 0.6 is 24.2 Å². The lowest BCUT2D eigenvalue weighted by Crippen LogP contribution is -2.05. The van der Waals surface area contributed by atoms with Crippen LogP contribution in [0.5, 0.6) is 0 Å². The average molecular weight is 245 g/mol. The normalized spacial score (nSPS) is 13.1. The van der Waals surface area contributed by atoms with Gasteiger partial charge in [-0.1, -0.05) is 0 Å². The molecule has 0 spiro atoms. The first kappa shape index (κ1) is 11.7. The van der Waals surface area contributed by atoms with E-state index in [1.165, 1.54) is 0 Å². The van der Waals surface area contributed by atoms with Gasteiger partial charge in [0.15, 0.2) is 23.3 Å². The summed E-state index contributed by atoms with van der Waals surface area (Å²) in [6.45, 7) is 0.933. The highest BCUT2D eigenvalue weighted by atomic mass is 35.5. The maximum Gasteiger partial charge on any atom is 0.167 e. The van der Waals surface area contributed by atoms with E-state index in [2.05, 4.69) is 12.6 Å². The van der Waals surface area contributed by atoms with Gasteiger partial charge in [0, 0.05) is 5.56 Å². The predicted octanol–water partition coefficient (Wildman–Crippen LogP) is 3.72. The topological polar surface area (TPSA) is 0 Å². The molecule has 1 rings (SSSR count). The summed E-state index contributed by atoms with van der Waals surface area (Å²) in [5, 5.41) is 0. The van der Waals surface area contributed by atoms with E-state index in [0.29, 0.717) is 0 Å². The molecule has 78 valence electrons. The van der Waals surface area contributed by atoms with Crippen LogP contribution in [0.4, 0.5) is 17.6 Å². The zero-order valence-electron chi connectivity index (χ0n) is 6.91. The Hall–Kier alpha value is -0.420. The van der Waals surface area contributed by atoms with Crippen molar-refractivity contribution in [3.63, 3.8) is 0 Å². The van der Waals surface area contributed by atoms with Crippen LogP contribution < -0.4 is 0 Å². The summed E-state index contributed by atoms with van der Waals surface area (Å²) in [4.78, 5) is 0. The molecular weight excluding hydrogens is 240 g/mol. The van der Waals surface area contributed by atoms with Gasteiger partial charge in [-0.25, -0.2) is 17.6 Å². The molecule has 0 nitrogen and oxygen atoms in total. The van der Waals surface area contributed by atoms with Crippen LogP contribution in [-0.4, -0.2) is 0 Å². The molecule has 0 aliphatic heterocycles. The van der Waals surface area contributed by atoms with Crippen LogP contribution in [0.25, 0.3) is 0 Å². The third kappa shape index (κ3) is 1.70. The minimum Gasteiger partial charge on any atom is -0.203 e. The van der Waals surface area contributed by atoms with Crippen LogP contribution in [0.3, 0.4) is 0 Å². The SMILES string of the molecule is Cc1c(F)c(F)c(C(S)Cl)c(F)c1F. The Morgan fingerprint density at radius 2 is 1.36 bits per heavy atom. The Kier molecular flexibility index (Phi) is 3.32. The molecule has 0 aliphatic rings. The van der Waals surface area contributed by atoms with Crippen molar-refractivity contribution in [1.82, 2.24) is 0 Å². The molecule has 0 heterocycles. The summed E-state index contributed by atoms with van der Waals surface area (Å²) < 4.78 is 50.5. The third-order valence-electron chi connectivity index (χ3n) is 1.76. The van der Waals surface area contributed by atoms with Crippen molar-refractivity contribution in [2.24, 2.45) is 0 Å². The Bertz CT molecular complexity index is 349. The predicted molar refractivity (Wildman–Crippen MR) is 48.6 cm³/mol. The smallest absolute Gasteiger partial charge is 0.167 e. The first-order valence-electron chi connectivity index (χ1n) is 3.52. The standard InChI is InChI=1S/C8H5ClF4S/c1-2-4(10)6(12)3(8(9)14)7(13)5(2)11/h8,14H,1H3. The monoisotopic (exact) mass is 244 g/mol. The molecule has 1 unspecified atom stereocenters. The van der Waals surface area contributed by atoms with Crippen LogP contribution in [0.2, 0.25) is 0 Å². The molecule has 0 amide bonds. The molecule has 0 aromatic heterocycles. The Labute approximate surface area is 88.3 Å². The molecule has 14 heavy (non-hydrogen) atoms. The van der Waals surface area contributed by atoms with Gasteiger partial charge < -0.3 is 0 Å². The molecule has 0 bridgehead atoms. The number of rotatable bonds is 1. The second-order valence-corrected chi connectivity index (χ2v) is 3.89. The van der Waals surface area contributed by atoms with Crippen molar-refractivity contribution in [3.8, 4) is 0 Å². The van der Waals surface area contributed by atoms with Gasteiger partial charge in [-0.2, -0.15) is 12.6 Å². The van der Waals surface area contributed by atoms with Crippen LogP contribution in [0, 0.1) is 30.2 Å². The lowest BCUT2D eigenvalue weighted by Gasteiger charge is -2.10. The van der Waals surface area contributed by atoms with Crippen molar-refractivity contribution in [2.45, 2.75) is 11.6 Å². The molecule has 1 atom stereocenters. The molecule has 0 N–H and O–H groups in total. The summed E-state index contributed by atoms with van der Waals surface area (Å²) in [5.74, 6) is -5.90. The van der Waals surface area contributed by atoms with Gasteiger partial charge in [0.25, 0.3) is 0 Å². The quantitative estimate of drug-likeness (QED) is 0.331. The lowest BCUT2D eigenvalue weighted by atomic mass is 10.1. The van der Waals surface area contributed by atoms with Crippen molar-refractivity contribution < 1.29 is 17.6 Å². The maximum atomic E-state index is 13.0. The van der Waals surface area contributed by atoms with Gasteiger partial charge in [-0.05, 0) is 6.92 Å². The van der Waals surface area contributed by atoms with E-state index < -0.39 is 39.1 Å². The second-order valence-electron chi connectivity index (χ2n) is 2.63. The van der Waals surface area contributed by atoms with E-state index >= 15 is 0 Å². The summed E-state index contributed by atoms with van der Waals surface area (Å²) in [5.41, 5.74) is -1.62. The molecule has 6 heteroatoms. The minimum absolute atomic E-state index is 0.714. The molecule has 1 aromatic carbocycles. The first-order chi connectivity index (χ1) is 6.37. The van der Waals surface area contributed by atoms with E-state index in [1.807, 2.05) is 0 Å². The number of alkyl halides is 1. The van der Waals surface area contributed by atoms with Crippen molar-refractivity contribution in [1.29, 1.82) is 0 Å². The number of hydrogen-bond acceptors (Lipinski definition) is 1. The Morgan fingerprint density at radius 1 is 1.00 bits per heavy atom. The van der Waals surface area contributed by atoms with E-state index in [9.17, 15) is 17.6 Å². The Morgan fingerprint density at radius 3 is 1.64 bits per heavy atom. The highest BCUT2D eigenvalue weighted by molar-refractivity contribution is 7.82. The molecule has 0 radical (unpaired) electrons. The van der Waals surface area contributed by atoms with Gasteiger partial charge in [-0.3, -0.25) is 0 Å². The van der Waals surface area contributed by atoms with Gasteiger partial charge in [-0.15, -0.1) is 11.6 Å². The van der Waals surface area contributed by atoms with Crippen LogP contribution in [0.15, 0.2) is 0 Å². The van der Waals surface area contributed by atoms with Gasteiger partial charge in [0.1, 0.15) is 4.71 Å². The zero-order chi connectivity index (χ0) is 11.0. The lowest BCUT2D eigenvalue weighted by molar-refractivity contribution is 0.435. The van der Waals surface area contributed by atoms with E-state index in [0.717, 1.165) is 6.92 Å². The fraction of sp³-hybridized carbons (Fsp3) is 0.250. The molecule has 1 aromatic rings. The third-order valence-corrected chi connectivity index (χ3v) is 2.23. The second kappa shape index (κ2) is 3.98. The van der Waals surface area contributed by atoms with Gasteiger partial charge >= 0.3 is 0 Å². The van der Waals surface area contributed by atoms with Crippen molar-refractivity contribution in [3.05, 3.63) is 34.4 Å². The molecule has 0 saturated heterocycles. The number of halogens is 5. The summed E-state index contributed by atoms with van der Waals surface area (Å²) in [6.07, 6.45) is 0. The van der Waals surface area contributed by atoms with Crippen LogP contribution in [0.1, 0.15) is 15.8 Å². The first-order valence-corrected chi connectivity index (χ1v) is 4.47. The minimum atomic E-state index is -1.50. The number of hydrogen-bond donors (Lipinski definition) is 1. The highest BCUT2D eigenvalue weighted by Gasteiger charge is 2.25. The summed E-state index contributed by atoms with van der Waals surface area (Å²) >= 11 is 8.77. The molecular formula is C8H5ClF4S. The Balaban J connectivity index is 3.60. The van der Waals surface area contributed by atoms with E-state index in [-0.39, 0.29) is 0 Å². The molecule has 0 aliphatic carbocycles. The summed E-state index contributed by atoms with van der Waals surface area (Å²) in [7, 11) is 0. The fourth-order valence-electron chi connectivity index (χ4n) is 0.968. The summed E-state index contributed by atoms with van der Waals surface area (Å²) in [6, 6.07) is 0. The average Bonchev–Trinajstić information content (AvgIpc) is 2.11. The fourth-order valence-corrected chi connectivity index (χ4v) is 1.39. The van der Waals surface area contributed by atoms with E-state index in [1.54, 1.807) is 0 Å². The zero-order valence-corrected chi connectivity index (χ0v) is 8.56. The number of benzene rings is 1. The van der Waals surface area contributed by atoms with Crippen molar-refractivity contribution in [2.75, 3.05) is 0 Å². The van der Waals surface area contributed by atoms with Crippen LogP contribution in [-0.2, 0) is 0 Å². The highest BCUT2D eigenvalue weighted by Crippen LogP contribution is 2.33. The van der Waals surface area contributed by atoms with Gasteiger partial charge in [0.05, 0.1) is 5.56 Å². The molecule has 0 fully saturated rings. The van der Waals surface area contributed by atoms with Gasteiger partial charge in [0.2, 0.25) is 0 Å².